The van der Waals surface area contributed by atoms with Crippen molar-refractivity contribution in [2.75, 3.05) is 18.6 Å². The van der Waals surface area contributed by atoms with Crippen LogP contribution in [-0.4, -0.2) is 43.7 Å². The van der Waals surface area contributed by atoms with Crippen LogP contribution in [0.2, 0.25) is 0 Å². The zero-order valence-corrected chi connectivity index (χ0v) is 20.9. The number of anilines is 1. The molecule has 1 aliphatic rings. The zero-order chi connectivity index (χ0) is 26.8. The predicted octanol–water partition coefficient (Wildman–Crippen LogP) is 4.78. The third-order valence-corrected chi connectivity index (χ3v) is 6.65. The van der Waals surface area contributed by atoms with Gasteiger partial charge in [0.15, 0.2) is 0 Å². The molecule has 2 atom stereocenters. The Morgan fingerprint density at radius 1 is 1.11 bits per heavy atom. The minimum Gasteiger partial charge on any atom is -0.497 e. The molecule has 3 N–H and O–H groups in total. The third kappa shape index (κ3) is 8.35. The molecule has 2 amide bonds. The Morgan fingerprint density at radius 2 is 1.76 bits per heavy atom. The number of nitrogens with zero attached hydrogens (tertiary/aromatic N) is 1. The second kappa shape index (κ2) is 13.3. The summed E-state index contributed by atoms with van der Waals surface area (Å²) in [5.74, 6) is -1.65. The molecule has 37 heavy (non-hydrogen) atoms. The first-order valence-electron chi connectivity index (χ1n) is 12.5. The van der Waals surface area contributed by atoms with Crippen LogP contribution in [0, 0.1) is 5.92 Å². The summed E-state index contributed by atoms with van der Waals surface area (Å²) in [6.45, 7) is -0.322. The molecule has 0 spiro atoms. The van der Waals surface area contributed by atoms with Crippen LogP contribution < -0.4 is 20.7 Å². The molecular weight excluding hydrogens is 483 g/mol. The lowest BCUT2D eigenvalue weighted by molar-refractivity contribution is -0.170. The Bertz CT molecular complexity index is 1040. The van der Waals surface area contributed by atoms with E-state index >= 15 is 0 Å². The molecule has 2 aromatic rings. The quantitative estimate of drug-likeness (QED) is 0.420. The molecule has 1 fully saturated rings. The van der Waals surface area contributed by atoms with Gasteiger partial charge in [-0.3, -0.25) is 9.59 Å². The van der Waals surface area contributed by atoms with Gasteiger partial charge in [-0.05, 0) is 61.4 Å². The standard InChI is InChI=1S/C28H34F3N3O3/c1-37-24-17-15-23(16-18-24)34(27(36)28(29,30)31)19-7-12-22(14-13-20-8-3-2-4-9-20)33-26(35)25(32)21-10-5-6-11-21/h2-4,7-9,12,15-18,21-22,25H,5-6,10-11,13-14,19,32H2,1H3,(H,33,35)/b12-7+/t22-,25+/m1/s1. The van der Waals surface area contributed by atoms with Crippen LogP contribution in [0.15, 0.2) is 66.7 Å². The Hall–Kier alpha value is -3.33. The monoisotopic (exact) mass is 517 g/mol. The van der Waals surface area contributed by atoms with Gasteiger partial charge in [0.2, 0.25) is 5.91 Å². The topological polar surface area (TPSA) is 84.7 Å². The van der Waals surface area contributed by atoms with Gasteiger partial charge in [0.05, 0.1) is 13.2 Å². The number of hydrogen-bond donors (Lipinski definition) is 2. The summed E-state index contributed by atoms with van der Waals surface area (Å²) < 4.78 is 45.0. The van der Waals surface area contributed by atoms with Gasteiger partial charge in [0.25, 0.3) is 0 Å². The highest BCUT2D eigenvalue weighted by Crippen LogP contribution is 2.27. The van der Waals surface area contributed by atoms with E-state index in [1.54, 1.807) is 6.08 Å². The summed E-state index contributed by atoms with van der Waals surface area (Å²) >= 11 is 0. The zero-order valence-electron chi connectivity index (χ0n) is 20.9. The maximum Gasteiger partial charge on any atom is 0.471 e. The molecule has 0 saturated heterocycles. The minimum atomic E-state index is -5.04. The van der Waals surface area contributed by atoms with Crippen LogP contribution in [0.4, 0.5) is 18.9 Å². The van der Waals surface area contributed by atoms with Gasteiger partial charge in [-0.2, -0.15) is 13.2 Å². The van der Waals surface area contributed by atoms with E-state index in [4.69, 9.17) is 10.5 Å². The largest absolute Gasteiger partial charge is 0.497 e. The van der Waals surface area contributed by atoms with Crippen LogP contribution in [-0.2, 0) is 16.0 Å². The maximum absolute atomic E-state index is 13.3. The lowest BCUT2D eigenvalue weighted by Gasteiger charge is -2.24. The molecule has 0 aromatic heterocycles. The molecular formula is C28H34F3N3O3. The second-order valence-corrected chi connectivity index (χ2v) is 9.25. The van der Waals surface area contributed by atoms with Crippen LogP contribution in [0.1, 0.15) is 37.7 Å². The fourth-order valence-electron chi connectivity index (χ4n) is 4.54. The van der Waals surface area contributed by atoms with E-state index in [1.807, 2.05) is 30.3 Å². The summed E-state index contributed by atoms with van der Waals surface area (Å²) in [5, 5.41) is 2.96. The van der Waals surface area contributed by atoms with Gasteiger partial charge in [-0.15, -0.1) is 0 Å². The molecule has 2 aromatic carbocycles. The highest BCUT2D eigenvalue weighted by molar-refractivity contribution is 5.97. The van der Waals surface area contributed by atoms with Crippen LogP contribution in [0.5, 0.6) is 5.75 Å². The Labute approximate surface area is 215 Å². The van der Waals surface area contributed by atoms with Gasteiger partial charge in [-0.25, -0.2) is 0 Å². The molecule has 1 aliphatic carbocycles. The lowest BCUT2D eigenvalue weighted by atomic mass is 9.97. The smallest absolute Gasteiger partial charge is 0.471 e. The number of methoxy groups -OCH3 is 1. The van der Waals surface area contributed by atoms with Crippen molar-refractivity contribution < 1.29 is 27.5 Å². The Morgan fingerprint density at radius 3 is 2.35 bits per heavy atom. The van der Waals surface area contributed by atoms with Crippen molar-refractivity contribution in [3.63, 3.8) is 0 Å². The molecule has 9 heteroatoms. The number of halogens is 3. The number of amides is 2. The van der Waals surface area contributed by atoms with E-state index in [0.717, 1.165) is 31.2 Å². The van der Waals surface area contributed by atoms with E-state index in [9.17, 15) is 22.8 Å². The van der Waals surface area contributed by atoms with Crippen LogP contribution >= 0.6 is 0 Å². The van der Waals surface area contributed by atoms with E-state index in [1.165, 1.54) is 37.5 Å². The number of nitrogens with one attached hydrogen (secondary N) is 1. The number of alkyl halides is 3. The first-order valence-corrected chi connectivity index (χ1v) is 12.5. The lowest BCUT2D eigenvalue weighted by Crippen LogP contribution is -2.48. The molecule has 0 aliphatic heterocycles. The van der Waals surface area contributed by atoms with E-state index < -0.39 is 24.2 Å². The van der Waals surface area contributed by atoms with Crippen molar-refractivity contribution in [3.8, 4) is 5.75 Å². The first-order chi connectivity index (χ1) is 17.7. The highest BCUT2D eigenvalue weighted by atomic mass is 19.4. The molecule has 200 valence electrons. The van der Waals surface area contributed by atoms with E-state index in [2.05, 4.69) is 5.32 Å². The van der Waals surface area contributed by atoms with Crippen molar-refractivity contribution in [2.45, 2.75) is 56.8 Å². The number of carbonyl (C=O) groups is 2. The third-order valence-electron chi connectivity index (χ3n) is 6.65. The van der Waals surface area contributed by atoms with Gasteiger partial charge >= 0.3 is 12.1 Å². The average molecular weight is 518 g/mol. The summed E-state index contributed by atoms with van der Waals surface area (Å²) in [6.07, 6.45) is 3.19. The molecule has 1 saturated carbocycles. The summed E-state index contributed by atoms with van der Waals surface area (Å²) in [4.78, 5) is 25.7. The van der Waals surface area contributed by atoms with Crippen molar-refractivity contribution >= 4 is 17.5 Å². The molecule has 3 rings (SSSR count). The predicted molar refractivity (Wildman–Crippen MR) is 137 cm³/mol. The number of nitrogens with two attached hydrogens (primary N) is 1. The number of aryl methyl sites for hydroxylation is 1. The molecule has 0 heterocycles. The molecule has 0 radical (unpaired) electrons. The normalized spacial score (nSPS) is 15.9. The van der Waals surface area contributed by atoms with Gasteiger partial charge in [0.1, 0.15) is 5.75 Å². The van der Waals surface area contributed by atoms with Crippen molar-refractivity contribution in [1.82, 2.24) is 5.32 Å². The highest BCUT2D eigenvalue weighted by Gasteiger charge is 2.42. The fourth-order valence-corrected chi connectivity index (χ4v) is 4.54. The number of benzene rings is 2. The first kappa shape index (κ1) is 28.2. The average Bonchev–Trinajstić information content (AvgIpc) is 3.44. The fraction of sp³-hybridized carbons (Fsp3) is 0.429. The van der Waals surface area contributed by atoms with Crippen LogP contribution in [0.25, 0.3) is 0 Å². The number of rotatable bonds is 11. The second-order valence-electron chi connectivity index (χ2n) is 9.25. The van der Waals surface area contributed by atoms with E-state index in [0.29, 0.717) is 23.5 Å². The Kier molecular flexibility index (Phi) is 10.1. The number of hydrogen-bond acceptors (Lipinski definition) is 4. The van der Waals surface area contributed by atoms with Crippen LogP contribution in [0.3, 0.4) is 0 Å². The van der Waals surface area contributed by atoms with Crippen molar-refractivity contribution in [3.05, 3.63) is 72.3 Å². The maximum atomic E-state index is 13.3. The minimum absolute atomic E-state index is 0.0842. The Balaban J connectivity index is 1.75. The summed E-state index contributed by atoms with van der Waals surface area (Å²) in [5.41, 5.74) is 7.37. The van der Waals surface area contributed by atoms with E-state index in [-0.39, 0.29) is 24.1 Å². The van der Waals surface area contributed by atoms with Gasteiger partial charge in [0, 0.05) is 18.3 Å². The number of carbonyl (C=O) groups excluding carboxylic acids is 2. The van der Waals surface area contributed by atoms with Crippen molar-refractivity contribution in [2.24, 2.45) is 11.7 Å². The SMILES string of the molecule is COc1ccc(N(C/C=C/[C@H](CCc2ccccc2)NC(=O)[C@@H](N)C2CCCC2)C(=O)C(F)(F)F)cc1. The summed E-state index contributed by atoms with van der Waals surface area (Å²) in [6, 6.07) is 14.4. The number of ether oxygens (including phenoxy) is 1. The molecule has 0 bridgehead atoms. The van der Waals surface area contributed by atoms with Crippen molar-refractivity contribution in [1.29, 1.82) is 0 Å². The molecule has 6 nitrogen and oxygen atoms in total. The molecule has 0 unspecified atom stereocenters. The summed E-state index contributed by atoms with van der Waals surface area (Å²) in [7, 11) is 1.44. The van der Waals surface area contributed by atoms with Gasteiger partial charge in [-0.1, -0.05) is 55.3 Å². The van der Waals surface area contributed by atoms with Gasteiger partial charge < -0.3 is 20.7 Å².